The molecular weight excluding hydrogens is 242 g/mol. The molecule has 1 aliphatic rings. The molecule has 0 aromatic carbocycles. The molecule has 0 unspecified atom stereocenters. The summed E-state index contributed by atoms with van der Waals surface area (Å²) < 4.78 is 1.59. The summed E-state index contributed by atoms with van der Waals surface area (Å²) in [5.74, 6) is -0.243. The third-order valence-corrected chi connectivity index (χ3v) is 3.63. The van der Waals surface area contributed by atoms with Crippen molar-refractivity contribution < 1.29 is 4.79 Å². The van der Waals surface area contributed by atoms with E-state index in [0.717, 1.165) is 12.8 Å². The second-order valence-corrected chi connectivity index (χ2v) is 4.80. The Kier molecular flexibility index (Phi) is 2.67. The Hall–Kier alpha value is -2.42. The van der Waals surface area contributed by atoms with Crippen LogP contribution in [0.5, 0.6) is 0 Å². The van der Waals surface area contributed by atoms with Gasteiger partial charge in [-0.25, -0.2) is 9.50 Å². The molecule has 0 spiro atoms. The summed E-state index contributed by atoms with van der Waals surface area (Å²) in [6.07, 6.45) is 8.06. The summed E-state index contributed by atoms with van der Waals surface area (Å²) in [6.45, 7) is 0. The van der Waals surface area contributed by atoms with Gasteiger partial charge in [0.1, 0.15) is 11.1 Å². The van der Waals surface area contributed by atoms with E-state index >= 15 is 0 Å². The highest BCUT2D eigenvalue weighted by Gasteiger charge is 2.41. The van der Waals surface area contributed by atoms with Gasteiger partial charge < -0.3 is 5.32 Å². The number of nitrogens with one attached hydrogen (secondary N) is 1. The van der Waals surface area contributed by atoms with Gasteiger partial charge in [-0.15, -0.1) is 0 Å². The highest BCUT2D eigenvalue weighted by atomic mass is 16.2. The van der Waals surface area contributed by atoms with Crippen molar-refractivity contribution in [3.8, 4) is 6.07 Å². The third kappa shape index (κ3) is 1.83. The van der Waals surface area contributed by atoms with Crippen molar-refractivity contribution in [2.24, 2.45) is 5.41 Å². The molecule has 2 aromatic heterocycles. The molecule has 3 rings (SSSR count). The Morgan fingerprint density at radius 2 is 2.26 bits per heavy atom. The lowest BCUT2D eigenvalue weighted by atomic mass is 9.87. The lowest BCUT2D eigenvalue weighted by molar-refractivity contribution is -0.122. The highest BCUT2D eigenvalue weighted by Crippen LogP contribution is 2.38. The minimum Gasteiger partial charge on any atom is -0.320 e. The average Bonchev–Trinajstić information content (AvgIpc) is 3.07. The van der Waals surface area contributed by atoms with E-state index < -0.39 is 5.41 Å². The smallest absolute Gasteiger partial charge is 0.244 e. The SMILES string of the molecule is N#CC1(C(=O)Nc2cnn3cccnc23)CCCC1. The number of carbonyl (C=O) groups excluding carboxylic acids is 1. The molecule has 96 valence electrons. The maximum atomic E-state index is 12.3. The van der Waals surface area contributed by atoms with Crippen LogP contribution >= 0.6 is 0 Å². The molecule has 1 aliphatic carbocycles. The van der Waals surface area contributed by atoms with Crippen molar-refractivity contribution in [2.45, 2.75) is 25.7 Å². The molecule has 1 fully saturated rings. The monoisotopic (exact) mass is 255 g/mol. The Labute approximate surface area is 110 Å². The van der Waals surface area contributed by atoms with Crippen molar-refractivity contribution in [3.05, 3.63) is 24.7 Å². The molecule has 6 nitrogen and oxygen atoms in total. The topological polar surface area (TPSA) is 83.1 Å². The van der Waals surface area contributed by atoms with E-state index in [1.54, 1.807) is 29.2 Å². The van der Waals surface area contributed by atoms with Gasteiger partial charge in [-0.1, -0.05) is 12.8 Å². The Bertz CT molecular complexity index is 663. The molecular formula is C13H13N5O. The van der Waals surface area contributed by atoms with Crippen LogP contribution in [0.25, 0.3) is 5.65 Å². The quantitative estimate of drug-likeness (QED) is 0.886. The van der Waals surface area contributed by atoms with Crippen LogP contribution in [0.1, 0.15) is 25.7 Å². The maximum absolute atomic E-state index is 12.3. The molecule has 0 radical (unpaired) electrons. The molecule has 0 atom stereocenters. The minimum absolute atomic E-state index is 0.243. The molecule has 1 saturated carbocycles. The molecule has 1 N–H and O–H groups in total. The summed E-state index contributed by atoms with van der Waals surface area (Å²) in [4.78, 5) is 16.5. The molecule has 6 heteroatoms. The van der Waals surface area contributed by atoms with Crippen molar-refractivity contribution >= 4 is 17.2 Å². The largest absolute Gasteiger partial charge is 0.320 e. The van der Waals surface area contributed by atoms with Crippen molar-refractivity contribution in [1.82, 2.24) is 14.6 Å². The average molecular weight is 255 g/mol. The summed E-state index contributed by atoms with van der Waals surface area (Å²) in [6, 6.07) is 3.94. The summed E-state index contributed by atoms with van der Waals surface area (Å²) in [5.41, 5.74) is 0.248. The van der Waals surface area contributed by atoms with Crippen LogP contribution in [0.4, 0.5) is 5.69 Å². The van der Waals surface area contributed by atoms with E-state index in [2.05, 4.69) is 21.5 Å². The fourth-order valence-electron chi connectivity index (χ4n) is 2.53. The summed E-state index contributed by atoms with van der Waals surface area (Å²) >= 11 is 0. The van der Waals surface area contributed by atoms with Gasteiger partial charge in [0.15, 0.2) is 5.65 Å². The van der Waals surface area contributed by atoms with Crippen molar-refractivity contribution in [1.29, 1.82) is 5.26 Å². The molecule has 19 heavy (non-hydrogen) atoms. The van der Waals surface area contributed by atoms with Crippen LogP contribution in [0.3, 0.4) is 0 Å². The number of hydrogen-bond donors (Lipinski definition) is 1. The van der Waals surface area contributed by atoms with Gasteiger partial charge in [-0.2, -0.15) is 10.4 Å². The molecule has 1 amide bonds. The molecule has 2 heterocycles. The van der Waals surface area contributed by atoms with Crippen LogP contribution in [-0.4, -0.2) is 20.5 Å². The van der Waals surface area contributed by atoms with E-state index in [1.807, 2.05) is 0 Å². The van der Waals surface area contributed by atoms with Crippen molar-refractivity contribution in [3.63, 3.8) is 0 Å². The Morgan fingerprint density at radius 3 is 3.00 bits per heavy atom. The predicted octanol–water partition coefficient (Wildman–Crippen LogP) is 1.75. The maximum Gasteiger partial charge on any atom is 0.244 e. The van der Waals surface area contributed by atoms with Crippen LogP contribution < -0.4 is 5.32 Å². The number of hydrogen-bond acceptors (Lipinski definition) is 4. The van der Waals surface area contributed by atoms with Gasteiger partial charge in [0, 0.05) is 12.4 Å². The number of rotatable bonds is 2. The zero-order valence-electron chi connectivity index (χ0n) is 10.3. The first-order chi connectivity index (χ1) is 9.25. The Balaban J connectivity index is 1.89. The number of anilines is 1. The number of fused-ring (bicyclic) bond motifs is 1. The first kappa shape index (κ1) is 11.7. The molecule has 0 saturated heterocycles. The van der Waals surface area contributed by atoms with Gasteiger partial charge in [-0.05, 0) is 18.9 Å². The zero-order chi connectivity index (χ0) is 13.3. The van der Waals surface area contributed by atoms with Gasteiger partial charge in [-0.3, -0.25) is 4.79 Å². The second kappa shape index (κ2) is 4.35. The third-order valence-electron chi connectivity index (χ3n) is 3.63. The zero-order valence-corrected chi connectivity index (χ0v) is 10.3. The minimum atomic E-state index is -0.886. The second-order valence-electron chi connectivity index (χ2n) is 4.80. The predicted molar refractivity (Wildman–Crippen MR) is 68.1 cm³/mol. The van der Waals surface area contributed by atoms with E-state index in [4.69, 9.17) is 0 Å². The lowest BCUT2D eigenvalue weighted by Crippen LogP contribution is -2.32. The summed E-state index contributed by atoms with van der Waals surface area (Å²) in [7, 11) is 0. The van der Waals surface area contributed by atoms with Crippen LogP contribution in [0, 0.1) is 16.7 Å². The van der Waals surface area contributed by atoms with E-state index in [-0.39, 0.29) is 5.91 Å². The molecule has 2 aromatic rings. The standard InChI is InChI=1S/C13H13N5O/c14-9-13(4-1-2-5-13)12(19)17-10-8-16-18-7-3-6-15-11(10)18/h3,6-8H,1-2,4-5H2,(H,17,19). The van der Waals surface area contributed by atoms with E-state index in [0.29, 0.717) is 24.2 Å². The number of nitrogens with zero attached hydrogens (tertiary/aromatic N) is 4. The lowest BCUT2D eigenvalue weighted by Gasteiger charge is -2.18. The first-order valence-corrected chi connectivity index (χ1v) is 6.26. The van der Waals surface area contributed by atoms with Crippen LogP contribution in [0.15, 0.2) is 24.7 Å². The number of nitriles is 1. The van der Waals surface area contributed by atoms with E-state index in [9.17, 15) is 10.1 Å². The van der Waals surface area contributed by atoms with Crippen molar-refractivity contribution in [2.75, 3.05) is 5.32 Å². The van der Waals surface area contributed by atoms with Crippen LogP contribution in [-0.2, 0) is 4.79 Å². The fraction of sp³-hybridized carbons (Fsp3) is 0.385. The molecule has 0 bridgehead atoms. The first-order valence-electron chi connectivity index (χ1n) is 6.26. The van der Waals surface area contributed by atoms with E-state index in [1.165, 1.54) is 0 Å². The number of amides is 1. The highest BCUT2D eigenvalue weighted by molar-refractivity contribution is 5.99. The summed E-state index contributed by atoms with van der Waals surface area (Å²) in [5, 5.41) is 16.2. The van der Waals surface area contributed by atoms with Gasteiger partial charge >= 0.3 is 0 Å². The normalized spacial score (nSPS) is 17.2. The van der Waals surface area contributed by atoms with Crippen LogP contribution in [0.2, 0.25) is 0 Å². The van der Waals surface area contributed by atoms with Gasteiger partial charge in [0.25, 0.3) is 0 Å². The fourth-order valence-corrected chi connectivity index (χ4v) is 2.53. The molecule has 0 aliphatic heterocycles. The number of carbonyl (C=O) groups is 1. The van der Waals surface area contributed by atoms with Gasteiger partial charge in [0.2, 0.25) is 5.91 Å². The number of aromatic nitrogens is 3. The van der Waals surface area contributed by atoms with Gasteiger partial charge in [0.05, 0.1) is 12.3 Å². The Morgan fingerprint density at radius 1 is 1.47 bits per heavy atom.